The molecule has 0 spiro atoms. The zero-order valence-corrected chi connectivity index (χ0v) is 17.2. The van der Waals surface area contributed by atoms with Crippen molar-refractivity contribution in [2.75, 3.05) is 0 Å². The van der Waals surface area contributed by atoms with Gasteiger partial charge in [0.15, 0.2) is 5.65 Å². The lowest BCUT2D eigenvalue weighted by Crippen LogP contribution is -2.40. The van der Waals surface area contributed by atoms with Gasteiger partial charge in [-0.3, -0.25) is 24.5 Å². The third kappa shape index (κ3) is 3.39. The van der Waals surface area contributed by atoms with Crippen molar-refractivity contribution < 1.29 is 4.92 Å². The van der Waals surface area contributed by atoms with Crippen molar-refractivity contribution in [3.63, 3.8) is 0 Å². The number of hydrogen-bond acceptors (Lipinski definition) is 6. The van der Waals surface area contributed by atoms with Gasteiger partial charge in [-0.2, -0.15) is 0 Å². The molecule has 0 aliphatic carbocycles. The van der Waals surface area contributed by atoms with Gasteiger partial charge in [-0.05, 0) is 50.6 Å². The van der Waals surface area contributed by atoms with E-state index in [-0.39, 0.29) is 23.3 Å². The predicted molar refractivity (Wildman–Crippen MR) is 116 cm³/mol. The average Bonchev–Trinajstić information content (AvgIpc) is 2.74. The van der Waals surface area contributed by atoms with E-state index >= 15 is 0 Å². The highest BCUT2D eigenvalue weighted by Gasteiger charge is 2.22. The fourth-order valence-electron chi connectivity index (χ4n) is 3.64. The molecule has 9 heteroatoms. The molecule has 4 rings (SSSR count). The molecule has 0 unspecified atom stereocenters. The summed E-state index contributed by atoms with van der Waals surface area (Å²) in [6, 6.07) is 10.0. The standard InChI is InChI=1S/C22H19N5O4/c1-13-6-8-16(24-11-13)12-25-21(28)17-5-4-10-23-20(17)26(22(25)29)18-9-7-14(2)19(15(18)3)27(30)31/h4-11H,12H2,1-3H3. The summed E-state index contributed by atoms with van der Waals surface area (Å²) in [6.45, 7) is 5.08. The maximum atomic E-state index is 13.5. The van der Waals surface area contributed by atoms with Gasteiger partial charge < -0.3 is 0 Å². The van der Waals surface area contributed by atoms with Crippen LogP contribution in [0.4, 0.5) is 5.69 Å². The van der Waals surface area contributed by atoms with Crippen LogP contribution in [-0.2, 0) is 6.54 Å². The molecule has 0 saturated carbocycles. The largest absolute Gasteiger partial charge is 0.337 e. The van der Waals surface area contributed by atoms with Gasteiger partial charge in [0.2, 0.25) is 0 Å². The highest BCUT2D eigenvalue weighted by Crippen LogP contribution is 2.28. The van der Waals surface area contributed by atoms with Crippen molar-refractivity contribution >= 4 is 16.7 Å². The molecule has 0 N–H and O–H groups in total. The summed E-state index contributed by atoms with van der Waals surface area (Å²) < 4.78 is 2.33. The maximum absolute atomic E-state index is 13.5. The minimum Gasteiger partial charge on any atom is -0.268 e. The lowest BCUT2D eigenvalue weighted by Gasteiger charge is -2.15. The first kappa shape index (κ1) is 20.1. The number of hydrogen-bond donors (Lipinski definition) is 0. The summed E-state index contributed by atoms with van der Waals surface area (Å²) in [7, 11) is 0. The molecule has 0 aliphatic heterocycles. The highest BCUT2D eigenvalue weighted by atomic mass is 16.6. The van der Waals surface area contributed by atoms with Crippen molar-refractivity contribution in [1.82, 2.24) is 19.1 Å². The minimum atomic E-state index is -0.639. The smallest absolute Gasteiger partial charge is 0.268 e. The predicted octanol–water partition coefficient (Wildman–Crippen LogP) is 2.82. The summed E-state index contributed by atoms with van der Waals surface area (Å²) in [5.74, 6) is 0. The van der Waals surface area contributed by atoms with Gasteiger partial charge in [0.25, 0.3) is 11.2 Å². The topological polar surface area (TPSA) is 113 Å². The molecule has 3 aromatic heterocycles. The van der Waals surface area contributed by atoms with E-state index in [1.807, 2.05) is 13.0 Å². The van der Waals surface area contributed by atoms with E-state index in [2.05, 4.69) is 9.97 Å². The van der Waals surface area contributed by atoms with Crippen LogP contribution in [0.15, 0.2) is 58.4 Å². The third-order valence-corrected chi connectivity index (χ3v) is 5.22. The highest BCUT2D eigenvalue weighted by molar-refractivity contribution is 5.76. The molecule has 9 nitrogen and oxygen atoms in total. The molecule has 31 heavy (non-hydrogen) atoms. The monoisotopic (exact) mass is 417 g/mol. The van der Waals surface area contributed by atoms with Gasteiger partial charge in [0.1, 0.15) is 0 Å². The molecule has 4 aromatic rings. The Balaban J connectivity index is 2.06. The molecule has 3 heterocycles. The van der Waals surface area contributed by atoms with Gasteiger partial charge in [-0.1, -0.05) is 12.1 Å². The average molecular weight is 417 g/mol. The van der Waals surface area contributed by atoms with E-state index < -0.39 is 16.2 Å². The Morgan fingerprint density at radius 3 is 2.48 bits per heavy atom. The number of nitrogens with zero attached hydrogens (tertiary/aromatic N) is 5. The van der Waals surface area contributed by atoms with Crippen molar-refractivity contribution in [1.29, 1.82) is 0 Å². The van der Waals surface area contributed by atoms with Crippen molar-refractivity contribution in [3.05, 3.63) is 102 Å². The van der Waals surface area contributed by atoms with E-state index in [9.17, 15) is 19.7 Å². The Kier molecular flexibility index (Phi) is 4.94. The number of benzene rings is 1. The van der Waals surface area contributed by atoms with Crippen LogP contribution >= 0.6 is 0 Å². The molecular weight excluding hydrogens is 398 g/mol. The number of aryl methyl sites for hydroxylation is 2. The van der Waals surface area contributed by atoms with Gasteiger partial charge in [0, 0.05) is 18.0 Å². The molecule has 0 fully saturated rings. The second kappa shape index (κ2) is 7.60. The minimum absolute atomic E-state index is 0.0320. The first-order valence-electron chi connectivity index (χ1n) is 9.56. The Labute approximate surface area is 176 Å². The first-order chi connectivity index (χ1) is 14.8. The first-order valence-corrected chi connectivity index (χ1v) is 9.56. The molecule has 0 aliphatic rings. The summed E-state index contributed by atoms with van der Waals surface area (Å²) >= 11 is 0. The lowest BCUT2D eigenvalue weighted by molar-refractivity contribution is -0.386. The van der Waals surface area contributed by atoms with E-state index in [1.165, 1.54) is 10.8 Å². The van der Waals surface area contributed by atoms with Crippen LogP contribution in [0, 0.1) is 30.9 Å². The van der Waals surface area contributed by atoms with Crippen molar-refractivity contribution in [2.45, 2.75) is 27.3 Å². The lowest BCUT2D eigenvalue weighted by atomic mass is 10.1. The third-order valence-electron chi connectivity index (χ3n) is 5.22. The Morgan fingerprint density at radius 1 is 1.03 bits per heavy atom. The van der Waals surface area contributed by atoms with Crippen molar-refractivity contribution in [3.8, 4) is 5.69 Å². The SMILES string of the molecule is Cc1ccc(Cn2c(=O)c3cccnc3n(-c3ccc(C)c([N+](=O)[O-])c3C)c2=O)nc1. The van der Waals surface area contributed by atoms with Crippen LogP contribution in [0.25, 0.3) is 16.7 Å². The summed E-state index contributed by atoms with van der Waals surface area (Å²) in [6.07, 6.45) is 3.14. The van der Waals surface area contributed by atoms with E-state index in [4.69, 9.17) is 0 Å². The van der Waals surface area contributed by atoms with E-state index in [1.54, 1.807) is 50.4 Å². The van der Waals surface area contributed by atoms with Crippen LogP contribution in [0.1, 0.15) is 22.4 Å². The van der Waals surface area contributed by atoms with Crippen LogP contribution < -0.4 is 11.2 Å². The number of nitro benzene ring substituents is 1. The number of rotatable bonds is 4. The van der Waals surface area contributed by atoms with Crippen LogP contribution in [0.5, 0.6) is 0 Å². The Morgan fingerprint density at radius 2 is 1.81 bits per heavy atom. The van der Waals surface area contributed by atoms with E-state index in [0.29, 0.717) is 22.5 Å². The summed E-state index contributed by atoms with van der Waals surface area (Å²) in [4.78, 5) is 46.2. The second-order valence-corrected chi connectivity index (χ2v) is 7.34. The van der Waals surface area contributed by atoms with Gasteiger partial charge in [-0.25, -0.2) is 14.3 Å². The normalized spacial score (nSPS) is 11.1. The summed E-state index contributed by atoms with van der Waals surface area (Å²) in [5, 5.41) is 11.8. The molecule has 156 valence electrons. The molecule has 0 radical (unpaired) electrons. The molecule has 1 aromatic carbocycles. The quantitative estimate of drug-likeness (QED) is 0.373. The Bertz CT molecular complexity index is 1450. The fourth-order valence-corrected chi connectivity index (χ4v) is 3.64. The van der Waals surface area contributed by atoms with Gasteiger partial charge in [0.05, 0.1) is 33.8 Å². The number of pyridine rings is 2. The molecule has 0 bridgehead atoms. The zero-order valence-electron chi connectivity index (χ0n) is 17.2. The van der Waals surface area contributed by atoms with Gasteiger partial charge >= 0.3 is 5.69 Å². The number of aromatic nitrogens is 4. The van der Waals surface area contributed by atoms with Crippen LogP contribution in [0.2, 0.25) is 0 Å². The summed E-state index contributed by atoms with van der Waals surface area (Å²) in [5.41, 5.74) is 1.54. The fraction of sp³-hybridized carbons (Fsp3) is 0.182. The Hall–Kier alpha value is -4.14. The second-order valence-electron chi connectivity index (χ2n) is 7.34. The van der Waals surface area contributed by atoms with Crippen LogP contribution in [-0.4, -0.2) is 24.0 Å². The number of nitro groups is 1. The maximum Gasteiger partial charge on any atom is 0.337 e. The molecule has 0 saturated heterocycles. The molecule has 0 atom stereocenters. The van der Waals surface area contributed by atoms with Crippen molar-refractivity contribution in [2.24, 2.45) is 0 Å². The molecular formula is C22H19N5O4. The number of fused-ring (bicyclic) bond motifs is 1. The van der Waals surface area contributed by atoms with E-state index in [0.717, 1.165) is 10.1 Å². The molecule has 0 amide bonds. The zero-order chi connectivity index (χ0) is 22.3. The van der Waals surface area contributed by atoms with Crippen LogP contribution in [0.3, 0.4) is 0 Å². The van der Waals surface area contributed by atoms with Gasteiger partial charge in [-0.15, -0.1) is 0 Å².